The summed E-state index contributed by atoms with van der Waals surface area (Å²) in [6.45, 7) is 2.15. The van der Waals surface area contributed by atoms with Crippen LogP contribution in [0, 0.1) is 10.8 Å². The second kappa shape index (κ2) is 6.71. The number of sulfonamides is 1. The summed E-state index contributed by atoms with van der Waals surface area (Å²) >= 11 is 6.01. The Kier molecular flexibility index (Phi) is 4.71. The molecule has 3 fully saturated rings. The minimum absolute atomic E-state index is 0.0479. The number of amides is 2. The van der Waals surface area contributed by atoms with Gasteiger partial charge in [0.2, 0.25) is 15.9 Å². The highest BCUT2D eigenvalue weighted by atomic mass is 35.5. The molecule has 0 aliphatic carbocycles. The first kappa shape index (κ1) is 19.7. The molecule has 7 nitrogen and oxygen atoms in total. The van der Waals surface area contributed by atoms with Crippen molar-refractivity contribution in [2.45, 2.75) is 19.3 Å². The van der Waals surface area contributed by atoms with E-state index >= 15 is 0 Å². The van der Waals surface area contributed by atoms with Gasteiger partial charge in [0.25, 0.3) is 5.91 Å². The third-order valence-electron chi connectivity index (χ3n) is 6.76. The lowest BCUT2D eigenvalue weighted by Crippen LogP contribution is -2.53. The van der Waals surface area contributed by atoms with E-state index in [1.165, 1.54) is 10.6 Å². The van der Waals surface area contributed by atoms with E-state index in [2.05, 4.69) is 5.32 Å². The number of fused-ring (bicyclic) bond motifs is 1. The van der Waals surface area contributed by atoms with Crippen molar-refractivity contribution in [3.05, 3.63) is 34.9 Å². The van der Waals surface area contributed by atoms with Gasteiger partial charge in [-0.15, -0.1) is 0 Å². The standard InChI is InChI=1S/C19H24ClN3O4S/c1-28(26,27)23-12-18(19(13-23)5-8-21-17(19)25)6-9-22(10-7-18)16(24)14-3-2-4-15(20)11-14/h2-4,11H,5-10,12-13H2,1H3,(H,21,25)/t19-/m0/s1. The second-order valence-corrected chi connectivity index (χ2v) is 10.6. The number of rotatable bonds is 2. The Morgan fingerprint density at radius 3 is 2.46 bits per heavy atom. The highest BCUT2D eigenvalue weighted by Crippen LogP contribution is 2.56. The zero-order valence-electron chi connectivity index (χ0n) is 15.8. The van der Waals surface area contributed by atoms with Crippen LogP contribution in [0.25, 0.3) is 0 Å². The van der Waals surface area contributed by atoms with E-state index in [1.807, 2.05) is 0 Å². The molecule has 0 radical (unpaired) electrons. The quantitative estimate of drug-likeness (QED) is 0.774. The fourth-order valence-electron chi connectivity index (χ4n) is 5.16. The van der Waals surface area contributed by atoms with Gasteiger partial charge in [-0.2, -0.15) is 0 Å². The molecule has 3 heterocycles. The smallest absolute Gasteiger partial charge is 0.253 e. The van der Waals surface area contributed by atoms with E-state index in [0.29, 0.717) is 56.0 Å². The van der Waals surface area contributed by atoms with Crippen LogP contribution in [0.1, 0.15) is 29.6 Å². The fourth-order valence-corrected chi connectivity index (χ4v) is 6.28. The Morgan fingerprint density at radius 1 is 1.18 bits per heavy atom. The van der Waals surface area contributed by atoms with Crippen molar-refractivity contribution in [2.24, 2.45) is 10.8 Å². The molecule has 0 saturated carbocycles. The number of hydrogen-bond acceptors (Lipinski definition) is 4. The van der Waals surface area contributed by atoms with E-state index < -0.39 is 20.9 Å². The van der Waals surface area contributed by atoms with E-state index in [1.54, 1.807) is 29.2 Å². The van der Waals surface area contributed by atoms with Crippen LogP contribution < -0.4 is 5.32 Å². The van der Waals surface area contributed by atoms with Gasteiger partial charge >= 0.3 is 0 Å². The summed E-state index contributed by atoms with van der Waals surface area (Å²) in [4.78, 5) is 27.4. The molecule has 9 heteroatoms. The molecule has 3 saturated heterocycles. The van der Waals surface area contributed by atoms with Crippen molar-refractivity contribution in [1.29, 1.82) is 0 Å². The summed E-state index contributed by atoms with van der Waals surface area (Å²) in [7, 11) is -3.38. The maximum atomic E-state index is 12.8. The van der Waals surface area contributed by atoms with Crippen LogP contribution >= 0.6 is 11.6 Å². The molecule has 1 N–H and O–H groups in total. The largest absolute Gasteiger partial charge is 0.356 e. The molecule has 1 aromatic carbocycles. The van der Waals surface area contributed by atoms with E-state index in [0.717, 1.165) is 0 Å². The summed E-state index contributed by atoms with van der Waals surface area (Å²) in [6, 6.07) is 6.87. The maximum absolute atomic E-state index is 12.8. The Morgan fingerprint density at radius 2 is 1.89 bits per heavy atom. The minimum atomic E-state index is -3.38. The predicted molar refractivity (Wildman–Crippen MR) is 105 cm³/mol. The lowest BCUT2D eigenvalue weighted by molar-refractivity contribution is -0.133. The van der Waals surface area contributed by atoms with Gasteiger partial charge in [0.15, 0.2) is 0 Å². The van der Waals surface area contributed by atoms with Gasteiger partial charge in [-0.25, -0.2) is 12.7 Å². The summed E-state index contributed by atoms with van der Waals surface area (Å²) in [5.74, 6) is -0.131. The van der Waals surface area contributed by atoms with Crippen LogP contribution in [0.3, 0.4) is 0 Å². The van der Waals surface area contributed by atoms with E-state index in [9.17, 15) is 18.0 Å². The summed E-state index contributed by atoms with van der Waals surface area (Å²) in [5, 5.41) is 3.42. The number of likely N-dealkylation sites (tertiary alicyclic amines) is 1. The monoisotopic (exact) mass is 425 g/mol. The summed E-state index contributed by atoms with van der Waals surface area (Å²) in [5.41, 5.74) is -0.579. The van der Waals surface area contributed by atoms with Crippen molar-refractivity contribution in [1.82, 2.24) is 14.5 Å². The van der Waals surface area contributed by atoms with Crippen molar-refractivity contribution in [3.63, 3.8) is 0 Å². The number of hydrogen-bond donors (Lipinski definition) is 1. The van der Waals surface area contributed by atoms with Gasteiger partial charge in [0.05, 0.1) is 11.7 Å². The molecule has 3 aliphatic heterocycles. The molecule has 0 unspecified atom stereocenters. The Labute approximate surface area is 170 Å². The second-order valence-electron chi connectivity index (χ2n) is 8.20. The lowest BCUT2D eigenvalue weighted by Gasteiger charge is -2.46. The SMILES string of the molecule is CS(=O)(=O)N1CC2(CCN(C(=O)c3cccc(Cl)c3)CC2)[C@@]2(CCNC2=O)C1. The van der Waals surface area contributed by atoms with Crippen LogP contribution in [0.2, 0.25) is 5.02 Å². The average molecular weight is 426 g/mol. The molecule has 4 rings (SSSR count). The van der Waals surface area contributed by atoms with Crippen LogP contribution in [-0.2, 0) is 14.8 Å². The molecule has 0 bridgehead atoms. The van der Waals surface area contributed by atoms with Crippen molar-refractivity contribution < 1.29 is 18.0 Å². The van der Waals surface area contributed by atoms with E-state index in [-0.39, 0.29) is 18.4 Å². The summed E-state index contributed by atoms with van der Waals surface area (Å²) < 4.78 is 25.9. The zero-order chi connectivity index (χ0) is 20.2. The fraction of sp³-hybridized carbons (Fsp3) is 0.579. The van der Waals surface area contributed by atoms with Crippen LogP contribution in [0.5, 0.6) is 0 Å². The first-order chi connectivity index (χ1) is 13.2. The molecule has 3 aliphatic rings. The number of halogens is 1. The molecular formula is C19H24ClN3O4S. The molecule has 2 amide bonds. The van der Waals surface area contributed by atoms with Crippen molar-refractivity contribution in [3.8, 4) is 0 Å². The van der Waals surface area contributed by atoms with Gasteiger partial charge in [-0.3, -0.25) is 9.59 Å². The Hall–Kier alpha value is -1.64. The van der Waals surface area contributed by atoms with Crippen molar-refractivity contribution >= 4 is 33.4 Å². The third kappa shape index (κ3) is 3.02. The Balaban J connectivity index is 1.58. The molecule has 152 valence electrons. The number of benzene rings is 1. The highest BCUT2D eigenvalue weighted by Gasteiger charge is 2.65. The van der Waals surface area contributed by atoms with Crippen LogP contribution in [0.15, 0.2) is 24.3 Å². The van der Waals surface area contributed by atoms with Gasteiger partial charge in [-0.1, -0.05) is 17.7 Å². The van der Waals surface area contributed by atoms with Crippen LogP contribution in [-0.4, -0.2) is 68.4 Å². The highest BCUT2D eigenvalue weighted by molar-refractivity contribution is 7.88. The van der Waals surface area contributed by atoms with Gasteiger partial charge in [-0.05, 0) is 37.5 Å². The lowest BCUT2D eigenvalue weighted by atomic mass is 9.60. The average Bonchev–Trinajstić information content (AvgIpc) is 3.17. The zero-order valence-corrected chi connectivity index (χ0v) is 17.4. The summed E-state index contributed by atoms with van der Waals surface area (Å²) in [6.07, 6.45) is 3.06. The predicted octanol–water partition coefficient (Wildman–Crippen LogP) is 1.34. The number of carbonyl (C=O) groups is 2. The first-order valence-electron chi connectivity index (χ1n) is 9.45. The van der Waals surface area contributed by atoms with Crippen molar-refractivity contribution in [2.75, 3.05) is 39.0 Å². The normalized spacial score (nSPS) is 27.5. The van der Waals surface area contributed by atoms with E-state index in [4.69, 9.17) is 11.6 Å². The molecule has 1 atom stereocenters. The van der Waals surface area contributed by atoms with Gasteiger partial charge in [0, 0.05) is 48.7 Å². The number of carbonyl (C=O) groups excluding carboxylic acids is 2. The number of nitrogens with zero attached hydrogens (tertiary/aromatic N) is 2. The number of nitrogens with one attached hydrogen (secondary N) is 1. The molecular weight excluding hydrogens is 402 g/mol. The third-order valence-corrected chi connectivity index (χ3v) is 8.19. The minimum Gasteiger partial charge on any atom is -0.356 e. The maximum Gasteiger partial charge on any atom is 0.253 e. The molecule has 2 spiro atoms. The van der Waals surface area contributed by atoms with Gasteiger partial charge < -0.3 is 10.2 Å². The molecule has 28 heavy (non-hydrogen) atoms. The Bertz CT molecular complexity index is 927. The topological polar surface area (TPSA) is 86.8 Å². The number of piperidine rings is 1. The van der Waals surface area contributed by atoms with Crippen LogP contribution in [0.4, 0.5) is 0 Å². The molecule has 1 aromatic rings. The van der Waals surface area contributed by atoms with Gasteiger partial charge in [0.1, 0.15) is 0 Å². The first-order valence-corrected chi connectivity index (χ1v) is 11.7. The molecule has 0 aromatic heterocycles.